The van der Waals surface area contributed by atoms with Crippen molar-refractivity contribution in [2.24, 2.45) is 5.84 Å². The van der Waals surface area contributed by atoms with Crippen molar-refractivity contribution in [3.8, 4) is 0 Å². The lowest BCUT2D eigenvalue weighted by atomic mass is 10.1. The maximum Gasteiger partial charge on any atom is 0.134 e. The van der Waals surface area contributed by atoms with Crippen molar-refractivity contribution in [3.63, 3.8) is 0 Å². The molecular formula is C16H18N2O2. The Labute approximate surface area is 117 Å². The summed E-state index contributed by atoms with van der Waals surface area (Å²) in [7, 11) is 0. The highest BCUT2D eigenvalue weighted by Gasteiger charge is 2.15. The largest absolute Gasteiger partial charge is 0.469 e. The number of benzene rings is 1. The van der Waals surface area contributed by atoms with Crippen LogP contribution in [0.4, 0.5) is 0 Å². The highest BCUT2D eigenvalue weighted by Crippen LogP contribution is 2.27. The molecule has 3 aromatic rings. The molecule has 1 unspecified atom stereocenters. The van der Waals surface area contributed by atoms with E-state index in [0.717, 1.165) is 35.3 Å². The molecule has 0 aliphatic rings. The number of fused-ring (bicyclic) bond motifs is 1. The second-order valence-corrected chi connectivity index (χ2v) is 5.03. The van der Waals surface area contributed by atoms with Gasteiger partial charge in [0.05, 0.1) is 12.3 Å². The van der Waals surface area contributed by atoms with Crippen LogP contribution >= 0.6 is 0 Å². The number of aryl methyl sites for hydroxylation is 2. The fourth-order valence-corrected chi connectivity index (χ4v) is 2.40. The van der Waals surface area contributed by atoms with Crippen LogP contribution in [0, 0.1) is 6.92 Å². The van der Waals surface area contributed by atoms with E-state index in [1.165, 1.54) is 5.56 Å². The van der Waals surface area contributed by atoms with Crippen molar-refractivity contribution in [2.75, 3.05) is 0 Å². The van der Waals surface area contributed by atoms with Crippen LogP contribution in [0.2, 0.25) is 0 Å². The van der Waals surface area contributed by atoms with Crippen LogP contribution in [0.5, 0.6) is 0 Å². The number of hydrazine groups is 1. The quantitative estimate of drug-likeness (QED) is 0.550. The SMILES string of the molecule is Cc1ccc2oc(C(CCc3ccco3)NN)cc2c1. The van der Waals surface area contributed by atoms with Gasteiger partial charge in [-0.1, -0.05) is 11.6 Å². The minimum absolute atomic E-state index is 0.0205. The molecule has 1 aromatic carbocycles. The van der Waals surface area contributed by atoms with E-state index in [4.69, 9.17) is 14.7 Å². The first-order valence-electron chi connectivity index (χ1n) is 6.75. The summed E-state index contributed by atoms with van der Waals surface area (Å²) in [5.41, 5.74) is 4.93. The van der Waals surface area contributed by atoms with Crippen LogP contribution in [-0.2, 0) is 6.42 Å². The molecule has 0 amide bonds. The van der Waals surface area contributed by atoms with E-state index >= 15 is 0 Å². The Balaban J connectivity index is 1.79. The van der Waals surface area contributed by atoms with E-state index in [1.54, 1.807) is 6.26 Å². The first-order chi connectivity index (χ1) is 9.76. The Morgan fingerprint density at radius 1 is 1.25 bits per heavy atom. The van der Waals surface area contributed by atoms with E-state index in [9.17, 15) is 0 Å². The van der Waals surface area contributed by atoms with Crippen LogP contribution in [0.25, 0.3) is 11.0 Å². The first kappa shape index (κ1) is 13.0. The summed E-state index contributed by atoms with van der Waals surface area (Å²) >= 11 is 0. The first-order valence-corrected chi connectivity index (χ1v) is 6.75. The minimum atomic E-state index is -0.0205. The van der Waals surface area contributed by atoms with Gasteiger partial charge in [-0.05, 0) is 43.7 Å². The van der Waals surface area contributed by atoms with Gasteiger partial charge in [-0.2, -0.15) is 0 Å². The fraction of sp³-hybridized carbons (Fsp3) is 0.250. The highest BCUT2D eigenvalue weighted by atomic mass is 16.3. The fourth-order valence-electron chi connectivity index (χ4n) is 2.40. The molecule has 104 valence electrons. The Kier molecular flexibility index (Phi) is 3.58. The van der Waals surface area contributed by atoms with Gasteiger partial charge in [0, 0.05) is 11.8 Å². The predicted octanol–water partition coefficient (Wildman–Crippen LogP) is 3.47. The van der Waals surface area contributed by atoms with Crippen molar-refractivity contribution >= 4 is 11.0 Å². The summed E-state index contributed by atoms with van der Waals surface area (Å²) in [5.74, 6) is 7.47. The van der Waals surface area contributed by atoms with Gasteiger partial charge in [-0.15, -0.1) is 0 Å². The Bertz CT molecular complexity index is 686. The number of furan rings is 2. The minimum Gasteiger partial charge on any atom is -0.469 e. The third-order valence-corrected chi connectivity index (χ3v) is 3.50. The number of nitrogens with two attached hydrogens (primary N) is 1. The van der Waals surface area contributed by atoms with Crippen LogP contribution in [0.15, 0.2) is 51.5 Å². The Morgan fingerprint density at radius 2 is 2.15 bits per heavy atom. The lowest BCUT2D eigenvalue weighted by Crippen LogP contribution is -2.28. The summed E-state index contributed by atoms with van der Waals surface area (Å²) in [6.07, 6.45) is 3.32. The second-order valence-electron chi connectivity index (χ2n) is 5.03. The van der Waals surface area contributed by atoms with E-state index in [0.29, 0.717) is 0 Å². The summed E-state index contributed by atoms with van der Waals surface area (Å²) in [6, 6.07) is 12.0. The summed E-state index contributed by atoms with van der Waals surface area (Å²) in [6.45, 7) is 2.07. The summed E-state index contributed by atoms with van der Waals surface area (Å²) in [4.78, 5) is 0. The third kappa shape index (κ3) is 2.61. The molecule has 20 heavy (non-hydrogen) atoms. The molecule has 0 saturated carbocycles. The molecule has 0 aliphatic heterocycles. The van der Waals surface area contributed by atoms with Gasteiger partial charge in [0.15, 0.2) is 0 Å². The van der Waals surface area contributed by atoms with Crippen LogP contribution < -0.4 is 11.3 Å². The lowest BCUT2D eigenvalue weighted by Gasteiger charge is -2.11. The Hall–Kier alpha value is -2.04. The molecule has 3 N–H and O–H groups in total. The molecule has 2 aromatic heterocycles. The monoisotopic (exact) mass is 270 g/mol. The Morgan fingerprint density at radius 3 is 2.90 bits per heavy atom. The van der Waals surface area contributed by atoms with Crippen molar-refractivity contribution < 1.29 is 8.83 Å². The van der Waals surface area contributed by atoms with Gasteiger partial charge >= 0.3 is 0 Å². The van der Waals surface area contributed by atoms with Gasteiger partial charge in [0.2, 0.25) is 0 Å². The predicted molar refractivity (Wildman–Crippen MR) is 78.0 cm³/mol. The maximum atomic E-state index is 5.87. The van der Waals surface area contributed by atoms with Crippen molar-refractivity contribution in [1.29, 1.82) is 0 Å². The molecule has 4 nitrogen and oxygen atoms in total. The molecule has 0 bridgehead atoms. The molecule has 0 saturated heterocycles. The highest BCUT2D eigenvalue weighted by molar-refractivity contribution is 5.78. The molecule has 4 heteroatoms. The maximum absolute atomic E-state index is 5.87. The van der Waals surface area contributed by atoms with Crippen LogP contribution in [-0.4, -0.2) is 0 Å². The molecule has 0 aliphatic carbocycles. The van der Waals surface area contributed by atoms with Gasteiger partial charge < -0.3 is 8.83 Å². The summed E-state index contributed by atoms with van der Waals surface area (Å²) in [5, 5.41) is 1.11. The topological polar surface area (TPSA) is 64.3 Å². The molecule has 2 heterocycles. The number of hydrogen-bond acceptors (Lipinski definition) is 4. The van der Waals surface area contributed by atoms with E-state index < -0.39 is 0 Å². The smallest absolute Gasteiger partial charge is 0.134 e. The zero-order chi connectivity index (χ0) is 13.9. The summed E-state index contributed by atoms with van der Waals surface area (Å²) < 4.78 is 11.2. The number of nitrogens with one attached hydrogen (secondary N) is 1. The van der Waals surface area contributed by atoms with Gasteiger partial charge in [0.1, 0.15) is 17.1 Å². The number of hydrogen-bond donors (Lipinski definition) is 2. The molecule has 0 radical (unpaired) electrons. The molecule has 1 atom stereocenters. The van der Waals surface area contributed by atoms with E-state index in [2.05, 4.69) is 24.5 Å². The van der Waals surface area contributed by atoms with E-state index in [1.807, 2.05) is 24.3 Å². The van der Waals surface area contributed by atoms with Crippen LogP contribution in [0.3, 0.4) is 0 Å². The molecule has 0 spiro atoms. The van der Waals surface area contributed by atoms with Crippen molar-refractivity contribution in [1.82, 2.24) is 5.43 Å². The normalized spacial score (nSPS) is 12.9. The molecular weight excluding hydrogens is 252 g/mol. The van der Waals surface area contributed by atoms with Gasteiger partial charge in [0.25, 0.3) is 0 Å². The average Bonchev–Trinajstić information content (AvgIpc) is 3.08. The van der Waals surface area contributed by atoms with Crippen molar-refractivity contribution in [3.05, 3.63) is 59.7 Å². The average molecular weight is 270 g/mol. The third-order valence-electron chi connectivity index (χ3n) is 3.50. The zero-order valence-electron chi connectivity index (χ0n) is 11.4. The van der Waals surface area contributed by atoms with Gasteiger partial charge in [-0.25, -0.2) is 5.43 Å². The van der Waals surface area contributed by atoms with Crippen molar-refractivity contribution in [2.45, 2.75) is 25.8 Å². The molecule has 0 fully saturated rings. The van der Waals surface area contributed by atoms with Crippen LogP contribution in [0.1, 0.15) is 29.5 Å². The second kappa shape index (κ2) is 5.53. The molecule has 3 rings (SSSR count). The van der Waals surface area contributed by atoms with E-state index in [-0.39, 0.29) is 6.04 Å². The standard InChI is InChI=1S/C16H18N2O2/c1-11-4-7-15-12(9-11)10-16(20-15)14(18-17)6-5-13-3-2-8-19-13/h2-4,7-10,14,18H,5-6,17H2,1H3. The lowest BCUT2D eigenvalue weighted by molar-refractivity contribution is 0.401. The van der Waals surface area contributed by atoms with Gasteiger partial charge in [-0.3, -0.25) is 5.84 Å². The number of rotatable bonds is 5. The zero-order valence-corrected chi connectivity index (χ0v) is 11.4.